The molecule has 2 aromatic carbocycles. The van der Waals surface area contributed by atoms with Crippen molar-refractivity contribution in [2.45, 2.75) is 13.0 Å². The van der Waals surface area contributed by atoms with Gasteiger partial charge in [-0.05, 0) is 28.8 Å². The fraction of sp³-hybridized carbons (Fsp3) is 0.136. The molecule has 33 heavy (non-hydrogen) atoms. The Labute approximate surface area is 191 Å². The van der Waals surface area contributed by atoms with E-state index < -0.39 is 24.1 Å². The van der Waals surface area contributed by atoms with Crippen LogP contribution in [-0.2, 0) is 13.0 Å². The number of aromatic nitrogens is 2. The molecular formula is C22H21FN8O2. The van der Waals surface area contributed by atoms with Crippen LogP contribution in [-0.4, -0.2) is 35.0 Å². The van der Waals surface area contributed by atoms with Gasteiger partial charge >= 0.3 is 0 Å². The lowest BCUT2D eigenvalue weighted by molar-refractivity contribution is 0.0944. The molecule has 0 aliphatic carbocycles. The van der Waals surface area contributed by atoms with E-state index in [2.05, 4.69) is 41.6 Å². The molecule has 11 heteroatoms. The third-order valence-electron chi connectivity index (χ3n) is 4.15. The fourth-order valence-electron chi connectivity index (χ4n) is 2.50. The van der Waals surface area contributed by atoms with Crippen LogP contribution in [0.3, 0.4) is 0 Å². The van der Waals surface area contributed by atoms with Crippen molar-refractivity contribution in [1.29, 1.82) is 0 Å². The largest absolute Gasteiger partial charge is 0.347 e. The summed E-state index contributed by atoms with van der Waals surface area (Å²) in [6.07, 6.45) is 2.60. The van der Waals surface area contributed by atoms with Crippen LogP contribution in [0.5, 0.6) is 0 Å². The van der Waals surface area contributed by atoms with E-state index in [9.17, 15) is 14.0 Å². The molecule has 1 heterocycles. The summed E-state index contributed by atoms with van der Waals surface area (Å²) in [5, 5.41) is 15.7. The SMILES string of the molecule is [2H]C([2H])(NC(=O)c1cc(C(=O)NCc2ccc(/C=N/NN=NC)cc2)ncn1)c1ccc(F)cc1. The van der Waals surface area contributed by atoms with Gasteiger partial charge in [0.25, 0.3) is 11.8 Å². The average molecular weight is 450 g/mol. The van der Waals surface area contributed by atoms with Gasteiger partial charge in [0.2, 0.25) is 0 Å². The molecule has 0 saturated heterocycles. The number of benzene rings is 2. The van der Waals surface area contributed by atoms with Crippen LogP contribution in [0.15, 0.2) is 76.4 Å². The number of rotatable bonds is 9. The van der Waals surface area contributed by atoms with Crippen molar-refractivity contribution in [3.8, 4) is 0 Å². The molecule has 0 aliphatic heterocycles. The maximum atomic E-state index is 13.1. The predicted octanol–water partition coefficient (Wildman–Crippen LogP) is 2.40. The highest BCUT2D eigenvalue weighted by Crippen LogP contribution is 2.05. The first-order valence-electron chi connectivity index (χ1n) is 10.6. The Morgan fingerprint density at radius 1 is 1.00 bits per heavy atom. The van der Waals surface area contributed by atoms with Gasteiger partial charge in [0.05, 0.1) is 16.0 Å². The van der Waals surface area contributed by atoms with E-state index in [-0.39, 0.29) is 23.5 Å². The third-order valence-corrected chi connectivity index (χ3v) is 4.15. The van der Waals surface area contributed by atoms with Crippen LogP contribution >= 0.6 is 0 Å². The van der Waals surface area contributed by atoms with Crippen LogP contribution in [0.25, 0.3) is 0 Å². The van der Waals surface area contributed by atoms with Crippen LogP contribution in [0.4, 0.5) is 4.39 Å². The highest BCUT2D eigenvalue weighted by molar-refractivity contribution is 5.97. The van der Waals surface area contributed by atoms with Crippen molar-refractivity contribution >= 4 is 18.0 Å². The zero-order valence-electron chi connectivity index (χ0n) is 19.5. The zero-order valence-corrected chi connectivity index (χ0v) is 17.5. The van der Waals surface area contributed by atoms with Gasteiger partial charge in [-0.2, -0.15) is 15.8 Å². The fourth-order valence-corrected chi connectivity index (χ4v) is 2.50. The Bertz CT molecular complexity index is 1230. The first-order chi connectivity index (χ1) is 16.8. The summed E-state index contributed by atoms with van der Waals surface area (Å²) in [7, 11) is 1.51. The van der Waals surface area contributed by atoms with Gasteiger partial charge in [0, 0.05) is 19.1 Å². The van der Waals surface area contributed by atoms with E-state index >= 15 is 0 Å². The molecule has 3 rings (SSSR count). The highest BCUT2D eigenvalue weighted by Gasteiger charge is 2.13. The van der Waals surface area contributed by atoms with Gasteiger partial charge in [-0.3, -0.25) is 9.59 Å². The molecule has 10 nitrogen and oxygen atoms in total. The quantitative estimate of drug-likeness (QED) is 0.262. The predicted molar refractivity (Wildman–Crippen MR) is 119 cm³/mol. The third kappa shape index (κ3) is 7.28. The van der Waals surface area contributed by atoms with E-state index in [1.54, 1.807) is 30.5 Å². The van der Waals surface area contributed by atoms with Gasteiger partial charge in [-0.25, -0.2) is 14.4 Å². The van der Waals surface area contributed by atoms with E-state index in [4.69, 9.17) is 2.74 Å². The lowest BCUT2D eigenvalue weighted by atomic mass is 10.1. The molecule has 0 bridgehead atoms. The minimum atomic E-state index is -2.29. The van der Waals surface area contributed by atoms with Crippen molar-refractivity contribution in [2.75, 3.05) is 7.05 Å². The number of hydrogen-bond donors (Lipinski definition) is 3. The molecule has 0 aliphatic rings. The van der Waals surface area contributed by atoms with Gasteiger partial charge in [-0.15, -0.1) is 0 Å². The summed E-state index contributed by atoms with van der Waals surface area (Å²) >= 11 is 0. The molecule has 168 valence electrons. The second-order valence-corrected chi connectivity index (χ2v) is 6.46. The van der Waals surface area contributed by atoms with Crippen molar-refractivity contribution < 1.29 is 16.7 Å². The molecule has 0 spiro atoms. The molecule has 3 N–H and O–H groups in total. The second kappa shape index (κ2) is 11.7. The van der Waals surface area contributed by atoms with Gasteiger partial charge < -0.3 is 10.6 Å². The molecule has 1 aromatic heterocycles. The normalized spacial score (nSPS) is 12.3. The number of hydrogen-bond acceptors (Lipinski definition) is 7. The first-order valence-corrected chi connectivity index (χ1v) is 9.63. The van der Waals surface area contributed by atoms with Crippen molar-refractivity contribution in [2.24, 2.45) is 15.4 Å². The maximum Gasteiger partial charge on any atom is 0.270 e. The number of carbonyl (C=O) groups is 2. The Kier molecular flexibility index (Phi) is 7.25. The first kappa shape index (κ1) is 20.4. The standard InChI is InChI=1S/C22H21FN8O2/c1-24-30-31-29-13-17-4-2-15(3-5-17)11-25-21(32)19-10-20(28-14-27-19)22(33)26-12-16-6-8-18(23)9-7-16/h2-10,13-14H,11-12H2,1H3,(H,24,31)(H,25,32)(H,26,33)/b29-13+/i12D2. The summed E-state index contributed by atoms with van der Waals surface area (Å²) in [6.45, 7) is -2.08. The van der Waals surface area contributed by atoms with Crippen molar-refractivity contribution in [1.82, 2.24) is 26.1 Å². The molecule has 3 aromatic rings. The molecule has 2 amide bonds. The Morgan fingerprint density at radius 2 is 1.64 bits per heavy atom. The Balaban J connectivity index is 1.59. The van der Waals surface area contributed by atoms with Crippen LogP contribution in [0.2, 0.25) is 0 Å². The molecular weight excluding hydrogens is 427 g/mol. The Hall–Kier alpha value is -4.54. The van der Waals surface area contributed by atoms with Crippen LogP contribution in [0, 0.1) is 5.82 Å². The highest BCUT2D eigenvalue weighted by atomic mass is 19.1. The Morgan fingerprint density at radius 3 is 2.30 bits per heavy atom. The average Bonchev–Trinajstić information content (AvgIpc) is 2.86. The van der Waals surface area contributed by atoms with Crippen molar-refractivity contribution in [3.63, 3.8) is 0 Å². The second-order valence-electron chi connectivity index (χ2n) is 6.46. The van der Waals surface area contributed by atoms with E-state index in [0.717, 1.165) is 35.7 Å². The molecule has 0 unspecified atom stereocenters. The summed E-state index contributed by atoms with van der Waals surface area (Å²) in [4.78, 5) is 32.7. The molecule has 0 fully saturated rings. The summed E-state index contributed by atoms with van der Waals surface area (Å²) in [5.74, 6) is -1.93. The zero-order chi connectivity index (χ0) is 25.3. The van der Waals surface area contributed by atoms with Crippen molar-refractivity contribution in [3.05, 3.63) is 94.8 Å². The lowest BCUT2D eigenvalue weighted by Crippen LogP contribution is -2.27. The van der Waals surface area contributed by atoms with Crippen LogP contribution < -0.4 is 16.2 Å². The number of nitrogens with one attached hydrogen (secondary N) is 3. The van der Waals surface area contributed by atoms with Gasteiger partial charge in [0.1, 0.15) is 23.5 Å². The van der Waals surface area contributed by atoms with E-state index in [1.807, 2.05) is 0 Å². The smallest absolute Gasteiger partial charge is 0.270 e. The van der Waals surface area contributed by atoms with Gasteiger partial charge in [0.15, 0.2) is 0 Å². The number of carbonyl (C=O) groups excluding carboxylic acids is 2. The number of amides is 2. The molecule has 0 radical (unpaired) electrons. The summed E-state index contributed by atoms with van der Waals surface area (Å²) in [5.41, 5.74) is 3.81. The number of nitrogens with zero attached hydrogens (tertiary/aromatic N) is 5. The van der Waals surface area contributed by atoms with Gasteiger partial charge in [-0.1, -0.05) is 41.6 Å². The summed E-state index contributed by atoms with van der Waals surface area (Å²) in [6, 6.07) is 13.0. The minimum Gasteiger partial charge on any atom is -0.347 e. The monoisotopic (exact) mass is 450 g/mol. The lowest BCUT2D eigenvalue weighted by Gasteiger charge is -2.07. The minimum absolute atomic E-state index is 0.0549. The van der Waals surface area contributed by atoms with E-state index in [1.165, 1.54) is 19.2 Å². The molecule has 0 saturated carbocycles. The van der Waals surface area contributed by atoms with E-state index in [0.29, 0.717) is 0 Å². The number of halogens is 1. The summed E-state index contributed by atoms with van der Waals surface area (Å²) < 4.78 is 29.2. The topological polar surface area (TPSA) is 133 Å². The number of hydrazone groups is 1. The van der Waals surface area contributed by atoms with Crippen LogP contribution in [0.1, 0.15) is 40.4 Å². The molecule has 0 atom stereocenters. The maximum absolute atomic E-state index is 13.1.